The summed E-state index contributed by atoms with van der Waals surface area (Å²) in [5, 5.41) is 1.49. The third-order valence-corrected chi connectivity index (χ3v) is 2.40. The molecule has 0 fully saturated rings. The molecule has 6 nitrogen and oxygen atoms in total. The molecule has 0 aliphatic carbocycles. The van der Waals surface area contributed by atoms with E-state index >= 15 is 0 Å². The minimum absolute atomic E-state index is 1.38. The van der Waals surface area contributed by atoms with E-state index in [1.54, 1.807) is 0 Å². The molecule has 0 saturated heterocycles. The van der Waals surface area contributed by atoms with Crippen molar-refractivity contribution in [2.24, 2.45) is 0 Å². The molecule has 0 heterocycles. The minimum atomic E-state index is -3.81. The molecule has 0 bridgehead atoms. The molecule has 0 atom stereocenters. The number of unbranched alkanes of at least 4 members (excludes halogenated alkanes) is 4. The molecular weight excluding hydrogens is 372 g/mol. The SMILES string of the molecule is CCCCCC[CH2][Zn].OP(O)(O)=S.OP(O)(O)=S. The van der Waals surface area contributed by atoms with Crippen LogP contribution in [-0.4, -0.2) is 29.4 Å². The fraction of sp³-hybridized carbons (Fsp3) is 1.00. The van der Waals surface area contributed by atoms with Crippen LogP contribution in [0.4, 0.5) is 0 Å². The van der Waals surface area contributed by atoms with E-state index in [1.165, 1.54) is 55.4 Å². The van der Waals surface area contributed by atoms with E-state index in [9.17, 15) is 0 Å². The van der Waals surface area contributed by atoms with E-state index in [0.717, 1.165) is 0 Å². The van der Waals surface area contributed by atoms with Gasteiger partial charge in [0.1, 0.15) is 0 Å². The van der Waals surface area contributed by atoms with Crippen LogP contribution in [0.15, 0.2) is 0 Å². The molecular formula is C7H21O6P2S2Zn. The Bertz CT molecular complexity index is 214. The Labute approximate surface area is 128 Å². The molecule has 0 aliphatic rings. The molecule has 0 spiro atoms. The van der Waals surface area contributed by atoms with E-state index in [2.05, 4.69) is 30.5 Å². The predicted octanol–water partition coefficient (Wildman–Crippen LogP) is 1.30. The van der Waals surface area contributed by atoms with Gasteiger partial charge >= 0.3 is 75.8 Å². The molecule has 11 heteroatoms. The van der Waals surface area contributed by atoms with Gasteiger partial charge in [-0.05, 0) is 23.6 Å². The zero-order chi connectivity index (χ0) is 15.2. The first-order valence-corrected chi connectivity index (χ1v) is 12.7. The summed E-state index contributed by atoms with van der Waals surface area (Å²) in [7, 11) is 0. The van der Waals surface area contributed by atoms with Gasteiger partial charge in [-0.1, -0.05) is 0 Å². The zero-order valence-electron chi connectivity index (χ0n) is 10.3. The number of hydrogen-bond donors (Lipinski definition) is 6. The van der Waals surface area contributed by atoms with Crippen molar-refractivity contribution in [3.8, 4) is 0 Å². The van der Waals surface area contributed by atoms with Gasteiger partial charge in [-0.2, -0.15) is 0 Å². The molecule has 0 radical (unpaired) electrons. The van der Waals surface area contributed by atoms with Gasteiger partial charge in [0.25, 0.3) is 0 Å². The fourth-order valence-corrected chi connectivity index (χ4v) is 1.52. The van der Waals surface area contributed by atoms with Gasteiger partial charge in [-0.3, -0.25) is 0 Å². The Morgan fingerprint density at radius 2 is 1.06 bits per heavy atom. The van der Waals surface area contributed by atoms with Crippen LogP contribution >= 0.6 is 13.4 Å². The molecule has 18 heavy (non-hydrogen) atoms. The van der Waals surface area contributed by atoms with E-state index in [-0.39, 0.29) is 0 Å². The maximum absolute atomic E-state index is 7.56. The number of rotatable bonds is 5. The third kappa shape index (κ3) is 110. The largest absolute Gasteiger partial charge is 0.325 e. The summed E-state index contributed by atoms with van der Waals surface area (Å²) >= 11 is 8.70. The van der Waals surface area contributed by atoms with Gasteiger partial charge in [0.2, 0.25) is 0 Å². The van der Waals surface area contributed by atoms with E-state index in [0.29, 0.717) is 0 Å². The molecule has 0 saturated carbocycles. The maximum atomic E-state index is 7.56. The maximum Gasteiger partial charge on any atom is 0.319 e. The summed E-state index contributed by atoms with van der Waals surface area (Å²) in [6.07, 6.45) is 7.25. The second kappa shape index (κ2) is 15.1. The summed E-state index contributed by atoms with van der Waals surface area (Å²) in [6.45, 7) is -5.35. The first-order valence-electron chi connectivity index (χ1n) is 5.27. The Morgan fingerprint density at radius 3 is 1.28 bits per heavy atom. The van der Waals surface area contributed by atoms with Gasteiger partial charge < -0.3 is 29.4 Å². The van der Waals surface area contributed by atoms with Gasteiger partial charge in [0, 0.05) is 0 Å². The normalized spacial score (nSPS) is 10.9. The Morgan fingerprint density at radius 1 is 0.778 bits per heavy atom. The molecule has 6 N–H and O–H groups in total. The first-order chi connectivity index (χ1) is 7.91. The molecule has 0 unspecified atom stereocenters. The van der Waals surface area contributed by atoms with Crippen LogP contribution in [-0.2, 0) is 41.9 Å². The summed E-state index contributed by atoms with van der Waals surface area (Å²) in [4.78, 5) is 45.3. The summed E-state index contributed by atoms with van der Waals surface area (Å²) < 4.78 is 0. The van der Waals surface area contributed by atoms with Crippen molar-refractivity contribution in [2.45, 2.75) is 44.0 Å². The fourth-order valence-electron chi connectivity index (χ4n) is 0.780. The predicted molar refractivity (Wildman–Crippen MR) is 75.4 cm³/mol. The Balaban J connectivity index is -0.000000197. The van der Waals surface area contributed by atoms with Crippen molar-refractivity contribution >= 4 is 37.1 Å². The molecule has 0 rings (SSSR count). The summed E-state index contributed by atoms with van der Waals surface area (Å²) in [6, 6.07) is 0. The van der Waals surface area contributed by atoms with Crippen molar-refractivity contribution in [2.75, 3.05) is 0 Å². The summed E-state index contributed by atoms with van der Waals surface area (Å²) in [5.74, 6) is 0. The quantitative estimate of drug-likeness (QED) is 0.235. The second-order valence-corrected chi connectivity index (χ2v) is 9.77. The second-order valence-electron chi connectivity index (χ2n) is 3.29. The van der Waals surface area contributed by atoms with Crippen LogP contribution in [0.1, 0.15) is 39.0 Å². The monoisotopic (exact) mass is 391 g/mol. The molecule has 0 aliphatic heterocycles. The van der Waals surface area contributed by atoms with Crippen molar-refractivity contribution in [3.63, 3.8) is 0 Å². The molecule has 0 amide bonds. The third-order valence-electron chi connectivity index (χ3n) is 1.35. The van der Waals surface area contributed by atoms with E-state index in [4.69, 9.17) is 29.4 Å². The minimum Gasteiger partial charge on any atom is -0.325 e. The summed E-state index contributed by atoms with van der Waals surface area (Å²) in [5.41, 5.74) is 0. The molecule has 109 valence electrons. The van der Waals surface area contributed by atoms with E-state index < -0.39 is 13.4 Å². The standard InChI is InChI=1S/C7H15.2H3O3PS.Zn/c1-3-5-7-6-4-2;2*1-4(2,3)5;/h1,3-7H2,2H3;2*(H3,1,2,3,5);. The van der Waals surface area contributed by atoms with Gasteiger partial charge in [0.15, 0.2) is 0 Å². The van der Waals surface area contributed by atoms with Gasteiger partial charge in [0.05, 0.1) is 0 Å². The van der Waals surface area contributed by atoms with Crippen molar-refractivity contribution < 1.29 is 47.7 Å². The van der Waals surface area contributed by atoms with Crippen LogP contribution in [0.25, 0.3) is 0 Å². The molecule has 0 aromatic heterocycles. The zero-order valence-corrected chi connectivity index (χ0v) is 16.7. The van der Waals surface area contributed by atoms with Crippen molar-refractivity contribution in [3.05, 3.63) is 0 Å². The molecule has 0 aromatic rings. The van der Waals surface area contributed by atoms with Crippen LogP contribution in [0.5, 0.6) is 0 Å². The van der Waals surface area contributed by atoms with Crippen molar-refractivity contribution in [1.82, 2.24) is 0 Å². The average molecular weight is 393 g/mol. The van der Waals surface area contributed by atoms with Crippen LogP contribution in [0.3, 0.4) is 0 Å². The Kier molecular flexibility index (Phi) is 20.7. The smallest absolute Gasteiger partial charge is 0.319 e. The van der Waals surface area contributed by atoms with Gasteiger partial charge in [-0.25, -0.2) is 0 Å². The Hall–Kier alpha value is 1.68. The van der Waals surface area contributed by atoms with Crippen LogP contribution in [0, 0.1) is 0 Å². The number of hydrogen-bond acceptors (Lipinski definition) is 2. The van der Waals surface area contributed by atoms with Crippen LogP contribution in [0.2, 0.25) is 5.02 Å². The average Bonchev–Trinajstić information content (AvgIpc) is 2.07. The van der Waals surface area contributed by atoms with Crippen LogP contribution < -0.4 is 0 Å². The topological polar surface area (TPSA) is 121 Å². The molecule has 0 aromatic carbocycles. The van der Waals surface area contributed by atoms with Crippen molar-refractivity contribution in [1.29, 1.82) is 0 Å². The first kappa shape index (κ1) is 24.7. The van der Waals surface area contributed by atoms with E-state index in [1.807, 2.05) is 0 Å². The van der Waals surface area contributed by atoms with Gasteiger partial charge in [-0.15, -0.1) is 0 Å².